The van der Waals surface area contributed by atoms with Crippen molar-refractivity contribution in [3.8, 4) is 5.75 Å². The van der Waals surface area contributed by atoms with Gasteiger partial charge in [0, 0.05) is 5.92 Å². The molecule has 0 aliphatic heterocycles. The predicted molar refractivity (Wildman–Crippen MR) is 92.1 cm³/mol. The minimum atomic E-state index is -0.799. The summed E-state index contributed by atoms with van der Waals surface area (Å²) in [6.45, 7) is 7.31. The molecule has 1 aromatic carbocycles. The van der Waals surface area contributed by atoms with Gasteiger partial charge in [-0.05, 0) is 42.4 Å². The van der Waals surface area contributed by atoms with Crippen molar-refractivity contribution in [2.75, 3.05) is 13.2 Å². The molecule has 0 heterocycles. The van der Waals surface area contributed by atoms with Crippen molar-refractivity contribution in [1.29, 1.82) is 0 Å². The molecule has 0 bridgehead atoms. The Hall–Kier alpha value is -2.04. The first kappa shape index (κ1) is 18.3. The number of amides is 1. The highest BCUT2D eigenvalue weighted by Gasteiger charge is 2.33. The smallest absolute Gasteiger partial charge is 0.306 e. The van der Waals surface area contributed by atoms with Gasteiger partial charge in [0.2, 0.25) is 5.91 Å². The van der Waals surface area contributed by atoms with Crippen LogP contribution in [0.1, 0.15) is 45.6 Å². The molecule has 1 fully saturated rings. The number of ether oxygens (including phenoxy) is 1. The quantitative estimate of drug-likeness (QED) is 0.785. The maximum atomic E-state index is 12.0. The molecule has 5 heteroatoms. The third-order valence-corrected chi connectivity index (χ3v) is 4.54. The lowest BCUT2D eigenvalue weighted by Crippen LogP contribution is -2.33. The zero-order chi connectivity index (χ0) is 17.7. The minimum absolute atomic E-state index is 0.0644. The van der Waals surface area contributed by atoms with Crippen LogP contribution in [0.2, 0.25) is 0 Å². The normalized spacial score (nSPS) is 20.6. The number of rotatable bonds is 6. The predicted octanol–water partition coefficient (Wildman–Crippen LogP) is 2.98. The molecule has 1 saturated carbocycles. The van der Waals surface area contributed by atoms with Crippen molar-refractivity contribution in [1.82, 2.24) is 5.32 Å². The Labute approximate surface area is 143 Å². The molecule has 24 heavy (non-hydrogen) atoms. The van der Waals surface area contributed by atoms with Crippen molar-refractivity contribution in [3.63, 3.8) is 0 Å². The van der Waals surface area contributed by atoms with Gasteiger partial charge in [-0.1, -0.05) is 32.9 Å². The van der Waals surface area contributed by atoms with Gasteiger partial charge in [-0.2, -0.15) is 0 Å². The molecule has 0 aromatic heterocycles. The number of carboxylic acid groups (broad SMARTS) is 1. The van der Waals surface area contributed by atoms with Gasteiger partial charge in [0.25, 0.3) is 0 Å². The van der Waals surface area contributed by atoms with E-state index in [0.717, 1.165) is 5.75 Å². The molecule has 132 valence electrons. The summed E-state index contributed by atoms with van der Waals surface area (Å²) in [5.41, 5.74) is 1.36. The van der Waals surface area contributed by atoms with Crippen molar-refractivity contribution in [3.05, 3.63) is 29.8 Å². The largest absolute Gasteiger partial charge is 0.492 e. The summed E-state index contributed by atoms with van der Waals surface area (Å²) < 4.78 is 5.64. The molecular formula is C19H27NO4. The van der Waals surface area contributed by atoms with E-state index in [-0.39, 0.29) is 23.2 Å². The standard InChI is InChI=1S/C19H27NO4/c1-19(2,3)15-6-8-16(9-7-15)24-11-10-20-17(21)13-4-5-14(12-13)18(22)23/h6-9,13-14H,4-5,10-12H2,1-3H3,(H,20,21)(H,22,23)/t13-,14+/m1/s1. The molecule has 0 saturated heterocycles. The zero-order valence-electron chi connectivity index (χ0n) is 14.7. The molecule has 2 N–H and O–H groups in total. The van der Waals surface area contributed by atoms with E-state index in [2.05, 4.69) is 38.2 Å². The highest BCUT2D eigenvalue weighted by atomic mass is 16.5. The van der Waals surface area contributed by atoms with Crippen LogP contribution in [-0.2, 0) is 15.0 Å². The summed E-state index contributed by atoms with van der Waals surface area (Å²) in [5.74, 6) is -0.641. The number of aliphatic carboxylic acids is 1. The first-order valence-corrected chi connectivity index (χ1v) is 8.51. The van der Waals surface area contributed by atoms with Gasteiger partial charge in [-0.3, -0.25) is 9.59 Å². The monoisotopic (exact) mass is 333 g/mol. The fourth-order valence-electron chi connectivity index (χ4n) is 2.98. The van der Waals surface area contributed by atoms with Crippen molar-refractivity contribution >= 4 is 11.9 Å². The van der Waals surface area contributed by atoms with Crippen LogP contribution >= 0.6 is 0 Å². The second kappa shape index (κ2) is 7.69. The molecule has 0 radical (unpaired) electrons. The van der Waals surface area contributed by atoms with Gasteiger partial charge in [0.05, 0.1) is 12.5 Å². The van der Waals surface area contributed by atoms with Gasteiger partial charge in [-0.25, -0.2) is 0 Å². The lowest BCUT2D eigenvalue weighted by atomic mass is 9.87. The van der Waals surface area contributed by atoms with E-state index >= 15 is 0 Å². The molecule has 2 rings (SSSR count). The van der Waals surface area contributed by atoms with E-state index in [9.17, 15) is 9.59 Å². The number of carbonyl (C=O) groups is 2. The number of hydrogen-bond donors (Lipinski definition) is 2. The second-order valence-electron chi connectivity index (χ2n) is 7.46. The van der Waals surface area contributed by atoms with Crippen LogP contribution in [0.4, 0.5) is 0 Å². The number of carbonyl (C=O) groups excluding carboxylic acids is 1. The summed E-state index contributed by atoms with van der Waals surface area (Å²) in [7, 11) is 0. The maximum absolute atomic E-state index is 12.0. The molecule has 1 amide bonds. The molecule has 0 spiro atoms. The van der Waals surface area contributed by atoms with Crippen LogP contribution in [0.5, 0.6) is 5.75 Å². The van der Waals surface area contributed by atoms with Crippen LogP contribution in [0, 0.1) is 11.8 Å². The third kappa shape index (κ3) is 4.98. The summed E-state index contributed by atoms with van der Waals surface area (Å²) in [4.78, 5) is 22.9. The summed E-state index contributed by atoms with van der Waals surface area (Å²) in [6, 6.07) is 7.99. The van der Waals surface area contributed by atoms with Gasteiger partial charge in [-0.15, -0.1) is 0 Å². The van der Waals surface area contributed by atoms with Crippen molar-refractivity contribution < 1.29 is 19.4 Å². The lowest BCUT2D eigenvalue weighted by Gasteiger charge is -2.19. The topological polar surface area (TPSA) is 75.6 Å². The Morgan fingerprint density at radius 2 is 1.79 bits per heavy atom. The van der Waals surface area contributed by atoms with Gasteiger partial charge in [0.1, 0.15) is 12.4 Å². The van der Waals surface area contributed by atoms with E-state index in [1.54, 1.807) is 0 Å². The first-order valence-electron chi connectivity index (χ1n) is 8.51. The Kier molecular flexibility index (Phi) is 5.86. The maximum Gasteiger partial charge on any atom is 0.306 e. The van der Waals surface area contributed by atoms with Crippen LogP contribution in [-0.4, -0.2) is 30.1 Å². The molecule has 2 atom stereocenters. The van der Waals surface area contributed by atoms with E-state index < -0.39 is 5.97 Å². The Morgan fingerprint density at radius 3 is 2.33 bits per heavy atom. The Balaban J connectivity index is 1.69. The molecular weight excluding hydrogens is 306 g/mol. The fraction of sp³-hybridized carbons (Fsp3) is 0.579. The number of nitrogens with one attached hydrogen (secondary N) is 1. The molecule has 1 aliphatic rings. The van der Waals surface area contributed by atoms with Crippen LogP contribution in [0.3, 0.4) is 0 Å². The van der Waals surface area contributed by atoms with E-state index in [0.29, 0.717) is 32.4 Å². The van der Waals surface area contributed by atoms with Crippen LogP contribution in [0.15, 0.2) is 24.3 Å². The SMILES string of the molecule is CC(C)(C)c1ccc(OCCNC(=O)[C@@H]2CC[C@H](C(=O)O)C2)cc1. The van der Waals surface area contributed by atoms with Gasteiger partial charge < -0.3 is 15.2 Å². The minimum Gasteiger partial charge on any atom is -0.492 e. The number of hydrogen-bond acceptors (Lipinski definition) is 3. The third-order valence-electron chi connectivity index (χ3n) is 4.54. The van der Waals surface area contributed by atoms with Crippen LogP contribution < -0.4 is 10.1 Å². The summed E-state index contributed by atoms with van der Waals surface area (Å²) >= 11 is 0. The van der Waals surface area contributed by atoms with Crippen molar-refractivity contribution in [2.45, 2.75) is 45.4 Å². The molecule has 1 aromatic rings. The van der Waals surface area contributed by atoms with Gasteiger partial charge in [0.15, 0.2) is 0 Å². The average Bonchev–Trinajstić information content (AvgIpc) is 3.01. The highest BCUT2D eigenvalue weighted by Crippen LogP contribution is 2.31. The Bertz CT molecular complexity index is 574. The van der Waals surface area contributed by atoms with Crippen molar-refractivity contribution in [2.24, 2.45) is 11.8 Å². The lowest BCUT2D eigenvalue weighted by molar-refractivity contribution is -0.141. The highest BCUT2D eigenvalue weighted by molar-refractivity contribution is 5.80. The fourth-order valence-corrected chi connectivity index (χ4v) is 2.98. The zero-order valence-corrected chi connectivity index (χ0v) is 14.7. The number of benzene rings is 1. The van der Waals surface area contributed by atoms with E-state index in [4.69, 9.17) is 9.84 Å². The second-order valence-corrected chi connectivity index (χ2v) is 7.46. The summed E-state index contributed by atoms with van der Waals surface area (Å²) in [5, 5.41) is 11.8. The van der Waals surface area contributed by atoms with E-state index in [1.807, 2.05) is 12.1 Å². The van der Waals surface area contributed by atoms with E-state index in [1.165, 1.54) is 5.56 Å². The molecule has 0 unspecified atom stereocenters. The van der Waals surface area contributed by atoms with Gasteiger partial charge >= 0.3 is 5.97 Å². The first-order chi connectivity index (χ1) is 11.3. The average molecular weight is 333 g/mol. The number of carboxylic acids is 1. The summed E-state index contributed by atoms with van der Waals surface area (Å²) in [6.07, 6.45) is 1.68. The Morgan fingerprint density at radius 1 is 1.17 bits per heavy atom. The molecule has 5 nitrogen and oxygen atoms in total. The molecule has 1 aliphatic carbocycles. The van der Waals surface area contributed by atoms with Crippen LogP contribution in [0.25, 0.3) is 0 Å².